The zero-order valence-electron chi connectivity index (χ0n) is 15.6. The summed E-state index contributed by atoms with van der Waals surface area (Å²) in [6, 6.07) is 2.47. The van der Waals surface area contributed by atoms with E-state index in [0.29, 0.717) is 0 Å². The number of rotatable bonds is 13. The average molecular weight is 318 g/mol. The van der Waals surface area contributed by atoms with Crippen molar-refractivity contribution >= 4 is 8.32 Å². The molecule has 0 N–H and O–H groups in total. The Morgan fingerprint density at radius 1 is 0.810 bits per heavy atom. The van der Waals surface area contributed by atoms with E-state index in [2.05, 4.69) is 56.4 Å². The van der Waals surface area contributed by atoms with Crippen molar-refractivity contribution in [2.75, 3.05) is 68.0 Å². The molecule has 0 aliphatic carbocycles. The quantitative estimate of drug-likeness (QED) is 0.486. The Balaban J connectivity index is 4.22. The maximum absolute atomic E-state index is 5.82. The predicted octanol–water partition coefficient (Wildman–Crippen LogP) is 2.43. The molecule has 0 saturated heterocycles. The molecular weight excluding hydrogens is 278 g/mol. The second kappa shape index (κ2) is 11.6. The highest BCUT2D eigenvalue weighted by Gasteiger charge is 2.25. The highest BCUT2D eigenvalue weighted by Crippen LogP contribution is 2.16. The Morgan fingerprint density at radius 3 is 1.62 bits per heavy atom. The van der Waals surface area contributed by atoms with Crippen LogP contribution in [0.1, 0.15) is 19.8 Å². The predicted molar refractivity (Wildman–Crippen MR) is 96.7 cm³/mol. The largest absolute Gasteiger partial charge is 0.420 e. The third-order valence-corrected chi connectivity index (χ3v) is 8.12. The van der Waals surface area contributed by atoms with E-state index in [0.717, 1.165) is 0 Å². The molecule has 0 saturated carbocycles. The summed E-state index contributed by atoms with van der Waals surface area (Å²) in [4.78, 5) is 7.20. The minimum absolute atomic E-state index is 1.18. The van der Waals surface area contributed by atoms with Crippen LogP contribution in [-0.4, -0.2) is 91.0 Å². The molecule has 1 unspecified atom stereocenters. The van der Waals surface area contributed by atoms with E-state index in [1.165, 1.54) is 57.7 Å². The van der Waals surface area contributed by atoms with E-state index >= 15 is 0 Å². The summed E-state index contributed by atoms with van der Waals surface area (Å²) in [5, 5.41) is 0. The van der Waals surface area contributed by atoms with Gasteiger partial charge in [-0.25, -0.2) is 0 Å². The molecule has 1 atom stereocenters. The van der Waals surface area contributed by atoms with Crippen molar-refractivity contribution < 1.29 is 4.43 Å². The molecule has 0 bridgehead atoms. The maximum atomic E-state index is 5.82. The van der Waals surface area contributed by atoms with Gasteiger partial charge in [0.15, 0.2) is 8.32 Å². The van der Waals surface area contributed by atoms with Crippen molar-refractivity contribution in [2.24, 2.45) is 0 Å². The summed E-state index contributed by atoms with van der Waals surface area (Å²) >= 11 is 0. The Hall–Kier alpha value is 0.0569. The molecule has 0 aliphatic rings. The first-order valence-corrected chi connectivity index (χ1v) is 11.2. The van der Waals surface area contributed by atoms with Gasteiger partial charge in [0, 0.05) is 7.11 Å². The second-order valence-corrected chi connectivity index (χ2v) is 11.4. The molecule has 0 aromatic carbocycles. The molecule has 0 aromatic heterocycles. The van der Waals surface area contributed by atoms with Crippen molar-refractivity contribution in [3.63, 3.8) is 0 Å². The molecule has 0 rings (SSSR count). The topological polar surface area (TPSA) is 19.0 Å². The number of hydrogen-bond acceptors (Lipinski definition) is 4. The highest BCUT2D eigenvalue weighted by atomic mass is 28.4. The molecule has 128 valence electrons. The second-order valence-electron chi connectivity index (χ2n) is 6.91. The summed E-state index contributed by atoms with van der Waals surface area (Å²) in [7, 11) is 9.08. The highest BCUT2D eigenvalue weighted by molar-refractivity contribution is 6.72. The molecule has 0 radical (unpaired) electrons. The van der Waals surface area contributed by atoms with E-state index in [4.69, 9.17) is 4.43 Å². The molecule has 0 aromatic rings. The van der Waals surface area contributed by atoms with Gasteiger partial charge in [-0.2, -0.15) is 0 Å². The molecule has 5 heteroatoms. The third kappa shape index (κ3) is 11.3. The van der Waals surface area contributed by atoms with Gasteiger partial charge in [-0.1, -0.05) is 6.92 Å². The summed E-state index contributed by atoms with van der Waals surface area (Å²) in [6.07, 6.45) is 2.51. The van der Waals surface area contributed by atoms with Crippen LogP contribution in [-0.2, 0) is 4.43 Å². The lowest BCUT2D eigenvalue weighted by Gasteiger charge is -2.29. The van der Waals surface area contributed by atoms with Crippen LogP contribution in [0.3, 0.4) is 0 Å². The maximum Gasteiger partial charge on any atom is 0.190 e. The number of hydrogen-bond donors (Lipinski definition) is 0. The van der Waals surface area contributed by atoms with Gasteiger partial charge >= 0.3 is 0 Å². The first kappa shape index (κ1) is 21.1. The van der Waals surface area contributed by atoms with Gasteiger partial charge < -0.3 is 19.1 Å². The molecule has 0 aliphatic heterocycles. The minimum Gasteiger partial charge on any atom is -0.420 e. The van der Waals surface area contributed by atoms with E-state index < -0.39 is 8.32 Å². The van der Waals surface area contributed by atoms with Crippen LogP contribution >= 0.6 is 0 Å². The van der Waals surface area contributed by atoms with Gasteiger partial charge in [0.2, 0.25) is 0 Å². The smallest absolute Gasteiger partial charge is 0.190 e. The minimum atomic E-state index is -1.44. The zero-order chi connectivity index (χ0) is 16.3. The van der Waals surface area contributed by atoms with Crippen LogP contribution in [0.4, 0.5) is 0 Å². The van der Waals surface area contributed by atoms with E-state index in [9.17, 15) is 0 Å². The standard InChI is InChI=1S/C16H39N3OSi/c1-8-21(7,20-6)16-15-19(13-9-11-17(2)3)14-10-12-18(4)5/h8-16H2,1-7H3. The van der Waals surface area contributed by atoms with Gasteiger partial charge in [0.25, 0.3) is 0 Å². The van der Waals surface area contributed by atoms with Crippen molar-refractivity contribution in [3.8, 4) is 0 Å². The average Bonchev–Trinajstić information content (AvgIpc) is 2.43. The molecular formula is C16H39N3OSi. The molecule has 0 spiro atoms. The summed E-state index contributed by atoms with van der Waals surface area (Å²) < 4.78 is 5.82. The van der Waals surface area contributed by atoms with Gasteiger partial charge in [0.1, 0.15) is 0 Å². The van der Waals surface area contributed by atoms with Crippen LogP contribution in [0.15, 0.2) is 0 Å². The fourth-order valence-electron chi connectivity index (χ4n) is 2.37. The van der Waals surface area contributed by atoms with E-state index in [1.54, 1.807) is 0 Å². The number of nitrogens with zero attached hydrogens (tertiary/aromatic N) is 3. The van der Waals surface area contributed by atoms with Gasteiger partial charge in [-0.05, 0) is 92.4 Å². The van der Waals surface area contributed by atoms with Crippen molar-refractivity contribution in [1.29, 1.82) is 0 Å². The Bertz CT molecular complexity index is 232. The molecule has 0 heterocycles. The molecule has 4 nitrogen and oxygen atoms in total. The van der Waals surface area contributed by atoms with Crippen LogP contribution in [0, 0.1) is 0 Å². The SMILES string of the molecule is CC[Si](C)(CCN(CCCN(C)C)CCCN(C)C)OC. The fourth-order valence-corrected chi connectivity index (χ4v) is 4.01. The zero-order valence-corrected chi connectivity index (χ0v) is 16.6. The van der Waals surface area contributed by atoms with Crippen molar-refractivity contribution in [3.05, 3.63) is 0 Å². The Kier molecular flexibility index (Phi) is 11.6. The third-order valence-electron chi connectivity index (χ3n) is 4.36. The summed E-state index contributed by atoms with van der Waals surface area (Å²) in [6.45, 7) is 10.6. The van der Waals surface area contributed by atoms with E-state index in [1.807, 2.05) is 7.11 Å². The van der Waals surface area contributed by atoms with Crippen LogP contribution in [0.25, 0.3) is 0 Å². The summed E-state index contributed by atoms with van der Waals surface area (Å²) in [5.41, 5.74) is 0. The molecule has 21 heavy (non-hydrogen) atoms. The lowest BCUT2D eigenvalue weighted by Crippen LogP contribution is -2.39. The first-order valence-electron chi connectivity index (χ1n) is 8.40. The lowest BCUT2D eigenvalue weighted by molar-refractivity contribution is 0.246. The normalized spacial score (nSPS) is 15.1. The van der Waals surface area contributed by atoms with Crippen LogP contribution < -0.4 is 0 Å². The Labute approximate surface area is 134 Å². The first-order chi connectivity index (χ1) is 9.83. The monoisotopic (exact) mass is 317 g/mol. The van der Waals surface area contributed by atoms with Gasteiger partial charge in [-0.15, -0.1) is 0 Å². The molecule has 0 amide bonds. The fraction of sp³-hybridized carbons (Fsp3) is 1.00. The van der Waals surface area contributed by atoms with Crippen LogP contribution in [0.5, 0.6) is 0 Å². The lowest BCUT2D eigenvalue weighted by atomic mass is 10.3. The summed E-state index contributed by atoms with van der Waals surface area (Å²) in [5.74, 6) is 0. The van der Waals surface area contributed by atoms with Crippen molar-refractivity contribution in [2.45, 2.75) is 38.4 Å². The van der Waals surface area contributed by atoms with Crippen LogP contribution in [0.2, 0.25) is 18.6 Å². The van der Waals surface area contributed by atoms with E-state index in [-0.39, 0.29) is 0 Å². The molecule has 0 fully saturated rings. The van der Waals surface area contributed by atoms with Crippen molar-refractivity contribution in [1.82, 2.24) is 14.7 Å². The Morgan fingerprint density at radius 2 is 1.29 bits per heavy atom. The van der Waals surface area contributed by atoms with Gasteiger partial charge in [-0.3, -0.25) is 0 Å². The van der Waals surface area contributed by atoms with Gasteiger partial charge in [0.05, 0.1) is 0 Å².